The van der Waals surface area contributed by atoms with Gasteiger partial charge in [-0.05, 0) is 12.5 Å². The molecule has 0 aromatic carbocycles. The Morgan fingerprint density at radius 2 is 1.80 bits per heavy atom. The van der Waals surface area contributed by atoms with Crippen molar-refractivity contribution in [3.8, 4) is 0 Å². The van der Waals surface area contributed by atoms with E-state index in [1.807, 2.05) is 7.05 Å². The molecule has 0 heterocycles. The van der Waals surface area contributed by atoms with Crippen molar-refractivity contribution in [1.82, 2.24) is 10.4 Å². The zero-order valence-corrected chi connectivity index (χ0v) is 7.86. The van der Waals surface area contributed by atoms with Crippen LogP contribution in [0.15, 0.2) is 0 Å². The van der Waals surface area contributed by atoms with Crippen LogP contribution >= 0.6 is 0 Å². The Morgan fingerprint density at radius 1 is 1.30 bits per heavy atom. The highest BCUT2D eigenvalue weighted by atomic mass is 15.5. The van der Waals surface area contributed by atoms with E-state index in [2.05, 4.69) is 38.1 Å². The van der Waals surface area contributed by atoms with E-state index in [1.165, 1.54) is 0 Å². The monoisotopic (exact) mass is 144 g/mol. The average molecular weight is 144 g/mol. The molecule has 2 heteroatoms. The molecule has 0 spiro atoms. The van der Waals surface area contributed by atoms with Crippen molar-refractivity contribution >= 4 is 0 Å². The van der Waals surface area contributed by atoms with Gasteiger partial charge in [0.15, 0.2) is 0 Å². The number of nitrogens with one attached hydrogen (secondary N) is 1. The van der Waals surface area contributed by atoms with Gasteiger partial charge in [-0.25, -0.2) is 5.01 Å². The minimum Gasteiger partial charge on any atom is -0.258 e. The summed E-state index contributed by atoms with van der Waals surface area (Å²) in [4.78, 5) is 0. The second kappa shape index (κ2) is 3.94. The fourth-order valence-corrected chi connectivity index (χ4v) is 0.922. The van der Waals surface area contributed by atoms with Crippen LogP contribution in [0, 0.1) is 5.41 Å². The van der Waals surface area contributed by atoms with Gasteiger partial charge in [0.05, 0.1) is 0 Å². The number of hydrogen-bond acceptors (Lipinski definition) is 2. The summed E-state index contributed by atoms with van der Waals surface area (Å²) < 4.78 is 0. The molecule has 0 saturated carbocycles. The van der Waals surface area contributed by atoms with Gasteiger partial charge in [0, 0.05) is 13.1 Å². The first kappa shape index (κ1) is 9.92. The van der Waals surface area contributed by atoms with Crippen LogP contribution in [0.5, 0.6) is 0 Å². The van der Waals surface area contributed by atoms with Gasteiger partial charge in [0.1, 0.15) is 0 Å². The molecular formula is C8H20N2. The van der Waals surface area contributed by atoms with E-state index in [9.17, 15) is 0 Å². The third kappa shape index (κ3) is 4.77. The molecule has 0 unspecified atom stereocenters. The predicted molar refractivity (Wildman–Crippen MR) is 45.8 cm³/mol. The molecule has 0 aliphatic heterocycles. The lowest BCUT2D eigenvalue weighted by atomic mass is 9.97. The summed E-state index contributed by atoms with van der Waals surface area (Å²) in [6.07, 6.45) is 0. The van der Waals surface area contributed by atoms with Gasteiger partial charge in [-0.2, -0.15) is 0 Å². The normalized spacial score (nSPS) is 12.6. The van der Waals surface area contributed by atoms with Crippen molar-refractivity contribution in [3.63, 3.8) is 0 Å². The Hall–Kier alpha value is -0.0800. The van der Waals surface area contributed by atoms with Crippen molar-refractivity contribution in [2.75, 3.05) is 20.1 Å². The molecule has 10 heavy (non-hydrogen) atoms. The quantitative estimate of drug-likeness (QED) is 0.604. The molecule has 0 aliphatic carbocycles. The fourth-order valence-electron chi connectivity index (χ4n) is 0.922. The molecule has 0 bridgehead atoms. The molecule has 0 atom stereocenters. The van der Waals surface area contributed by atoms with Gasteiger partial charge in [0.2, 0.25) is 0 Å². The van der Waals surface area contributed by atoms with Gasteiger partial charge in [0.25, 0.3) is 0 Å². The summed E-state index contributed by atoms with van der Waals surface area (Å²) >= 11 is 0. The molecule has 0 aromatic heterocycles. The van der Waals surface area contributed by atoms with Gasteiger partial charge >= 0.3 is 0 Å². The smallest absolute Gasteiger partial charge is 0.0179 e. The van der Waals surface area contributed by atoms with Gasteiger partial charge in [-0.15, -0.1) is 0 Å². The van der Waals surface area contributed by atoms with E-state index < -0.39 is 0 Å². The minimum atomic E-state index is 0.388. The molecule has 0 amide bonds. The van der Waals surface area contributed by atoms with Crippen LogP contribution in [-0.4, -0.2) is 25.1 Å². The molecule has 0 aliphatic rings. The molecule has 0 fully saturated rings. The van der Waals surface area contributed by atoms with E-state index in [1.54, 1.807) is 0 Å². The molecule has 1 N–H and O–H groups in total. The van der Waals surface area contributed by atoms with Crippen molar-refractivity contribution < 1.29 is 0 Å². The Morgan fingerprint density at radius 3 is 1.90 bits per heavy atom. The highest BCUT2D eigenvalue weighted by Gasteiger charge is 2.13. The number of hydrogen-bond donors (Lipinski definition) is 1. The Labute approximate surface area is 64.6 Å². The lowest BCUT2D eigenvalue weighted by Crippen LogP contribution is -2.40. The summed E-state index contributed by atoms with van der Waals surface area (Å²) in [5.74, 6) is 0. The average Bonchev–Trinajstić information content (AvgIpc) is 1.81. The Bertz CT molecular complexity index is 79.7. The first-order valence-corrected chi connectivity index (χ1v) is 3.92. The van der Waals surface area contributed by atoms with Crippen LogP contribution in [0.1, 0.15) is 27.7 Å². The van der Waals surface area contributed by atoms with E-state index >= 15 is 0 Å². The van der Waals surface area contributed by atoms with Gasteiger partial charge in [-0.3, -0.25) is 5.43 Å². The van der Waals surface area contributed by atoms with E-state index in [4.69, 9.17) is 0 Å². The van der Waals surface area contributed by atoms with Crippen LogP contribution < -0.4 is 5.43 Å². The highest BCUT2D eigenvalue weighted by molar-refractivity contribution is 4.64. The third-order valence-corrected chi connectivity index (χ3v) is 1.36. The van der Waals surface area contributed by atoms with Crippen LogP contribution in [0.4, 0.5) is 0 Å². The lowest BCUT2D eigenvalue weighted by Gasteiger charge is -2.27. The van der Waals surface area contributed by atoms with Crippen molar-refractivity contribution in [3.05, 3.63) is 0 Å². The van der Waals surface area contributed by atoms with Crippen molar-refractivity contribution in [1.29, 1.82) is 0 Å². The second-order valence-electron chi connectivity index (χ2n) is 3.80. The lowest BCUT2D eigenvalue weighted by molar-refractivity contribution is 0.151. The minimum absolute atomic E-state index is 0.388. The molecule has 0 rings (SSSR count). The second-order valence-corrected chi connectivity index (χ2v) is 3.80. The Kier molecular flexibility index (Phi) is 3.91. The first-order valence-electron chi connectivity index (χ1n) is 3.92. The summed E-state index contributed by atoms with van der Waals surface area (Å²) in [5.41, 5.74) is 3.53. The molecule has 2 nitrogen and oxygen atoms in total. The van der Waals surface area contributed by atoms with E-state index in [-0.39, 0.29) is 0 Å². The molecule has 0 radical (unpaired) electrons. The van der Waals surface area contributed by atoms with E-state index in [0.29, 0.717) is 5.41 Å². The first-order chi connectivity index (χ1) is 4.49. The predicted octanol–water partition coefficient (Wildman–Crippen LogP) is 1.49. The topological polar surface area (TPSA) is 15.3 Å². The maximum atomic E-state index is 3.14. The standard InChI is InChI=1S/C8H20N2/c1-6-10(9-5)7-8(2,3)4/h9H,6-7H2,1-5H3. The molecule has 62 valence electrons. The van der Waals surface area contributed by atoms with Crippen LogP contribution in [-0.2, 0) is 0 Å². The molecule has 0 saturated heterocycles. The summed E-state index contributed by atoms with van der Waals surface area (Å²) in [7, 11) is 1.97. The van der Waals surface area contributed by atoms with Gasteiger partial charge in [-0.1, -0.05) is 27.7 Å². The maximum absolute atomic E-state index is 3.14. The summed E-state index contributed by atoms with van der Waals surface area (Å²) in [6.45, 7) is 11.0. The van der Waals surface area contributed by atoms with Crippen LogP contribution in [0.3, 0.4) is 0 Å². The third-order valence-electron chi connectivity index (χ3n) is 1.36. The zero-order chi connectivity index (χ0) is 8.20. The zero-order valence-electron chi connectivity index (χ0n) is 7.86. The highest BCUT2D eigenvalue weighted by Crippen LogP contribution is 2.13. The van der Waals surface area contributed by atoms with E-state index in [0.717, 1.165) is 13.1 Å². The fraction of sp³-hybridized carbons (Fsp3) is 1.00. The maximum Gasteiger partial charge on any atom is 0.0179 e. The number of nitrogens with zero attached hydrogens (tertiary/aromatic N) is 1. The molecule has 0 aromatic rings. The largest absolute Gasteiger partial charge is 0.258 e. The summed E-state index contributed by atoms with van der Waals surface area (Å²) in [5, 5.41) is 2.21. The summed E-state index contributed by atoms with van der Waals surface area (Å²) in [6, 6.07) is 0. The van der Waals surface area contributed by atoms with Crippen molar-refractivity contribution in [2.24, 2.45) is 5.41 Å². The molecular weight excluding hydrogens is 124 g/mol. The SMILES string of the molecule is CCN(CC(C)(C)C)NC. The Balaban J connectivity index is 3.63. The number of hydrazine groups is 1. The van der Waals surface area contributed by atoms with Crippen molar-refractivity contribution in [2.45, 2.75) is 27.7 Å². The number of rotatable bonds is 3. The van der Waals surface area contributed by atoms with Crippen LogP contribution in [0.25, 0.3) is 0 Å². The van der Waals surface area contributed by atoms with Crippen LogP contribution in [0.2, 0.25) is 0 Å². The van der Waals surface area contributed by atoms with Gasteiger partial charge < -0.3 is 0 Å².